The van der Waals surface area contributed by atoms with Crippen LogP contribution in [-0.4, -0.2) is 25.8 Å². The average Bonchev–Trinajstić information content (AvgIpc) is 2.53. The van der Waals surface area contributed by atoms with Crippen LogP contribution in [0.4, 0.5) is 4.39 Å². The Morgan fingerprint density at radius 1 is 1.21 bits per heavy atom. The van der Waals surface area contributed by atoms with Gasteiger partial charge in [0.15, 0.2) is 0 Å². The summed E-state index contributed by atoms with van der Waals surface area (Å²) in [5.74, 6) is -1.06. The molecule has 0 aromatic heterocycles. The van der Waals surface area contributed by atoms with Gasteiger partial charge < -0.3 is 13.8 Å². The average molecular weight is 358 g/mol. The number of hydrogen-bond acceptors (Lipinski definition) is 5. The van der Waals surface area contributed by atoms with Crippen molar-refractivity contribution in [3.8, 4) is 0 Å². The molecule has 0 bridgehead atoms. The van der Waals surface area contributed by atoms with Gasteiger partial charge in [-0.15, -0.1) is 0 Å². The van der Waals surface area contributed by atoms with E-state index in [9.17, 15) is 13.8 Å². The minimum Gasteiger partial charge on any atom is -0.463 e. The van der Waals surface area contributed by atoms with Gasteiger partial charge in [-0.1, -0.05) is 13.3 Å². The monoisotopic (exact) mass is 358 g/mol. The third kappa shape index (κ3) is 6.19. The Labute approximate surface area is 142 Å². The molecule has 0 radical (unpaired) electrons. The number of esters is 1. The van der Waals surface area contributed by atoms with Gasteiger partial charge in [0, 0.05) is 6.08 Å². The molecule has 0 amide bonds. The molecule has 1 aromatic carbocycles. The molecule has 1 rings (SSSR count). The molecule has 0 N–H and O–H groups in total. The number of carbonyl (C=O) groups excluding carboxylic acids is 1. The Morgan fingerprint density at radius 3 is 2.46 bits per heavy atom. The van der Waals surface area contributed by atoms with Gasteiger partial charge in [0.2, 0.25) is 0 Å². The molecule has 7 heteroatoms. The first-order valence-corrected chi connectivity index (χ1v) is 9.55. The second-order valence-corrected chi connectivity index (χ2v) is 6.88. The molecule has 134 valence electrons. The smallest absolute Gasteiger partial charge is 0.361 e. The second kappa shape index (κ2) is 10.4. The molecule has 0 unspecified atom stereocenters. The van der Waals surface area contributed by atoms with Crippen LogP contribution in [0, 0.1) is 5.82 Å². The fourth-order valence-corrected chi connectivity index (χ4v) is 3.69. The predicted molar refractivity (Wildman–Crippen MR) is 91.8 cm³/mol. The normalized spacial score (nSPS) is 11.8. The number of hydrogen-bond donors (Lipinski definition) is 0. The fraction of sp³-hybridized carbons (Fsp3) is 0.471. The van der Waals surface area contributed by atoms with Crippen LogP contribution < -0.4 is 5.30 Å². The van der Waals surface area contributed by atoms with Gasteiger partial charge in [0.25, 0.3) is 0 Å². The van der Waals surface area contributed by atoms with Gasteiger partial charge in [0.1, 0.15) is 5.82 Å². The molecule has 5 nitrogen and oxygen atoms in total. The Balaban J connectivity index is 3.07. The van der Waals surface area contributed by atoms with Crippen molar-refractivity contribution in [3.05, 3.63) is 35.7 Å². The van der Waals surface area contributed by atoms with Crippen molar-refractivity contribution in [2.45, 2.75) is 33.6 Å². The maximum atomic E-state index is 13.6. The molecular formula is C17H24FO5P. The molecule has 0 spiro atoms. The van der Waals surface area contributed by atoms with Crippen LogP contribution in [0.15, 0.2) is 24.3 Å². The highest BCUT2D eigenvalue weighted by molar-refractivity contribution is 7.62. The number of benzene rings is 1. The zero-order chi connectivity index (χ0) is 18.0. The molecule has 0 atom stereocenters. The van der Waals surface area contributed by atoms with E-state index in [2.05, 4.69) is 0 Å². The topological polar surface area (TPSA) is 61.8 Å². The first-order valence-electron chi connectivity index (χ1n) is 8.00. The van der Waals surface area contributed by atoms with Crippen molar-refractivity contribution in [2.24, 2.45) is 0 Å². The van der Waals surface area contributed by atoms with Crippen molar-refractivity contribution in [2.75, 3.05) is 19.8 Å². The third-order valence-corrected chi connectivity index (χ3v) is 5.22. The van der Waals surface area contributed by atoms with E-state index in [1.807, 2.05) is 6.92 Å². The molecule has 0 saturated heterocycles. The molecular weight excluding hydrogens is 334 g/mol. The Morgan fingerprint density at radius 2 is 1.88 bits per heavy atom. The zero-order valence-electron chi connectivity index (χ0n) is 14.3. The lowest BCUT2D eigenvalue weighted by molar-refractivity contribution is -0.137. The Kier molecular flexibility index (Phi) is 8.90. The molecule has 0 aliphatic rings. The lowest BCUT2D eigenvalue weighted by atomic mass is 10.2. The summed E-state index contributed by atoms with van der Waals surface area (Å²) in [6.45, 7) is 6.05. The highest BCUT2D eigenvalue weighted by Gasteiger charge is 2.29. The van der Waals surface area contributed by atoms with Crippen LogP contribution in [0.25, 0.3) is 6.08 Å². The number of halogens is 1. The van der Waals surface area contributed by atoms with E-state index in [1.165, 1.54) is 30.4 Å². The molecule has 0 fully saturated rings. The first-order chi connectivity index (χ1) is 11.5. The lowest BCUT2D eigenvalue weighted by Gasteiger charge is -2.19. The fourth-order valence-electron chi connectivity index (χ4n) is 1.95. The Bertz CT molecular complexity index is 605. The highest BCUT2D eigenvalue weighted by Crippen LogP contribution is 2.47. The largest absolute Gasteiger partial charge is 0.463 e. The molecule has 0 aliphatic carbocycles. The summed E-state index contributed by atoms with van der Waals surface area (Å²) >= 11 is 0. The highest BCUT2D eigenvalue weighted by atomic mass is 31.2. The standard InChI is InChI=1S/C17H24FO5P/c1-4-7-12-21-17(19)11-8-14-13-15(18)9-10-16(14)24(20,22-5-2)23-6-3/h8-11,13H,4-7,12H2,1-3H3/b11-8+. The van der Waals surface area contributed by atoms with Crippen molar-refractivity contribution in [3.63, 3.8) is 0 Å². The van der Waals surface area contributed by atoms with Gasteiger partial charge in [-0.2, -0.15) is 0 Å². The van der Waals surface area contributed by atoms with Crippen molar-refractivity contribution >= 4 is 24.9 Å². The SMILES string of the molecule is CCCCOC(=O)/C=C/c1cc(F)ccc1P(=O)(OCC)OCC. The van der Waals surface area contributed by atoms with E-state index in [0.717, 1.165) is 12.8 Å². The van der Waals surface area contributed by atoms with Crippen LogP contribution in [0.2, 0.25) is 0 Å². The van der Waals surface area contributed by atoms with Gasteiger partial charge in [0.05, 0.1) is 25.1 Å². The van der Waals surface area contributed by atoms with Crippen molar-refractivity contribution in [1.29, 1.82) is 0 Å². The van der Waals surface area contributed by atoms with E-state index < -0.39 is 19.4 Å². The summed E-state index contributed by atoms with van der Waals surface area (Å²) in [4.78, 5) is 11.7. The zero-order valence-corrected chi connectivity index (χ0v) is 15.2. The number of unbranched alkanes of at least 4 members (excludes halogenated alkanes) is 1. The first kappa shape index (κ1) is 20.6. The molecule has 0 aliphatic heterocycles. The molecule has 24 heavy (non-hydrogen) atoms. The summed E-state index contributed by atoms with van der Waals surface area (Å²) in [5.41, 5.74) is 0.257. The molecule has 1 aromatic rings. The number of carbonyl (C=O) groups is 1. The quantitative estimate of drug-likeness (QED) is 0.273. The summed E-state index contributed by atoms with van der Waals surface area (Å²) in [5, 5.41) is 0.213. The van der Waals surface area contributed by atoms with E-state index in [-0.39, 0.29) is 24.1 Å². The second-order valence-electron chi connectivity index (χ2n) is 4.89. The van der Waals surface area contributed by atoms with Crippen molar-refractivity contribution in [1.82, 2.24) is 0 Å². The maximum Gasteiger partial charge on any atom is 0.361 e. The van der Waals surface area contributed by atoms with Gasteiger partial charge in [-0.05, 0) is 50.1 Å². The van der Waals surface area contributed by atoms with Crippen LogP contribution in [-0.2, 0) is 23.1 Å². The van der Waals surface area contributed by atoms with Gasteiger partial charge >= 0.3 is 13.6 Å². The van der Waals surface area contributed by atoms with E-state index in [0.29, 0.717) is 6.61 Å². The van der Waals surface area contributed by atoms with E-state index in [4.69, 9.17) is 13.8 Å². The van der Waals surface area contributed by atoms with Gasteiger partial charge in [-0.25, -0.2) is 9.18 Å². The summed E-state index contributed by atoms with van der Waals surface area (Å²) in [6, 6.07) is 3.70. The maximum absolute atomic E-state index is 13.6. The molecule has 0 heterocycles. The van der Waals surface area contributed by atoms with E-state index in [1.54, 1.807) is 13.8 Å². The third-order valence-electron chi connectivity index (χ3n) is 3.02. The number of ether oxygens (including phenoxy) is 1. The van der Waals surface area contributed by atoms with E-state index >= 15 is 0 Å². The molecule has 0 saturated carbocycles. The minimum absolute atomic E-state index is 0.177. The van der Waals surface area contributed by atoms with Crippen molar-refractivity contribution < 1.29 is 27.5 Å². The number of rotatable bonds is 10. The van der Waals surface area contributed by atoms with Crippen LogP contribution >= 0.6 is 7.60 Å². The van der Waals surface area contributed by atoms with Gasteiger partial charge in [-0.3, -0.25) is 4.57 Å². The lowest BCUT2D eigenvalue weighted by Crippen LogP contribution is -2.14. The summed E-state index contributed by atoms with van der Waals surface area (Å²) in [7, 11) is -3.59. The van der Waals surface area contributed by atoms with Crippen LogP contribution in [0.3, 0.4) is 0 Å². The van der Waals surface area contributed by atoms with Crippen LogP contribution in [0.1, 0.15) is 39.2 Å². The van der Waals surface area contributed by atoms with Crippen LogP contribution in [0.5, 0.6) is 0 Å². The summed E-state index contributed by atoms with van der Waals surface area (Å²) in [6.07, 6.45) is 4.22. The Hall–Kier alpha value is -1.49. The predicted octanol–water partition coefficient (Wildman–Crippen LogP) is 4.07. The minimum atomic E-state index is -3.59. The summed E-state index contributed by atoms with van der Waals surface area (Å²) < 4.78 is 42.0.